The third kappa shape index (κ3) is 4.57. The Morgan fingerprint density at radius 1 is 0.800 bits per heavy atom. The van der Waals surface area contributed by atoms with Crippen LogP contribution in [0.2, 0.25) is 10.0 Å². The topological polar surface area (TPSA) is 43.9 Å². The molecule has 2 aromatic rings. The first-order valence-electron chi connectivity index (χ1n) is 10.4. The van der Waals surface area contributed by atoms with Crippen molar-refractivity contribution in [2.45, 2.75) is 12.8 Å². The third-order valence-corrected chi connectivity index (χ3v) is 6.57. The molecule has 2 aromatic carbocycles. The number of anilines is 1. The van der Waals surface area contributed by atoms with Crippen LogP contribution in [0.15, 0.2) is 48.5 Å². The van der Waals surface area contributed by atoms with Crippen LogP contribution in [0.25, 0.3) is 0 Å². The highest BCUT2D eigenvalue weighted by Crippen LogP contribution is 2.25. The van der Waals surface area contributed by atoms with E-state index in [9.17, 15) is 9.59 Å². The largest absolute Gasteiger partial charge is 0.368 e. The van der Waals surface area contributed by atoms with Crippen molar-refractivity contribution in [3.63, 3.8) is 0 Å². The predicted molar refractivity (Wildman–Crippen MR) is 120 cm³/mol. The number of hydrogen-bond acceptors (Lipinski definition) is 3. The third-order valence-electron chi connectivity index (χ3n) is 6.00. The van der Waals surface area contributed by atoms with E-state index < -0.39 is 0 Å². The lowest BCUT2D eigenvalue weighted by atomic mass is 9.94. The Balaban J connectivity index is 1.29. The zero-order valence-corrected chi connectivity index (χ0v) is 18.3. The van der Waals surface area contributed by atoms with E-state index >= 15 is 0 Å². The summed E-state index contributed by atoms with van der Waals surface area (Å²) >= 11 is 12.3. The van der Waals surface area contributed by atoms with Crippen molar-refractivity contribution in [1.29, 1.82) is 0 Å². The van der Waals surface area contributed by atoms with Gasteiger partial charge in [-0.05, 0) is 43.2 Å². The summed E-state index contributed by atoms with van der Waals surface area (Å²) in [4.78, 5) is 31.8. The summed E-state index contributed by atoms with van der Waals surface area (Å²) in [5, 5.41) is 1.20. The van der Waals surface area contributed by atoms with Gasteiger partial charge in [-0.2, -0.15) is 0 Å². The van der Waals surface area contributed by atoms with Gasteiger partial charge < -0.3 is 14.7 Å². The smallest absolute Gasteiger partial charge is 0.255 e. The van der Waals surface area contributed by atoms with Crippen LogP contribution in [0.1, 0.15) is 23.2 Å². The van der Waals surface area contributed by atoms with Crippen LogP contribution in [0.3, 0.4) is 0 Å². The summed E-state index contributed by atoms with van der Waals surface area (Å²) in [6.45, 7) is 4.20. The molecule has 2 aliphatic rings. The van der Waals surface area contributed by atoms with Gasteiger partial charge in [0, 0.05) is 55.9 Å². The van der Waals surface area contributed by atoms with E-state index in [4.69, 9.17) is 23.2 Å². The van der Waals surface area contributed by atoms with Crippen molar-refractivity contribution >= 4 is 40.7 Å². The van der Waals surface area contributed by atoms with E-state index in [2.05, 4.69) is 11.0 Å². The van der Waals surface area contributed by atoms with Crippen LogP contribution >= 0.6 is 23.2 Å². The van der Waals surface area contributed by atoms with E-state index in [1.165, 1.54) is 0 Å². The minimum atomic E-state index is -0.0540. The number of nitrogens with zero attached hydrogens (tertiary/aromatic N) is 3. The van der Waals surface area contributed by atoms with Crippen molar-refractivity contribution in [2.75, 3.05) is 44.2 Å². The molecule has 2 fully saturated rings. The summed E-state index contributed by atoms with van der Waals surface area (Å²) in [5.41, 5.74) is 1.63. The molecule has 0 radical (unpaired) electrons. The molecule has 2 heterocycles. The van der Waals surface area contributed by atoms with Crippen molar-refractivity contribution in [1.82, 2.24) is 9.80 Å². The number of hydrogen-bond donors (Lipinski definition) is 0. The first kappa shape index (κ1) is 21.0. The maximum atomic E-state index is 13.0. The molecular weight excluding hydrogens is 421 g/mol. The van der Waals surface area contributed by atoms with E-state index in [0.29, 0.717) is 49.6 Å². The van der Waals surface area contributed by atoms with Crippen molar-refractivity contribution in [2.24, 2.45) is 5.92 Å². The summed E-state index contributed by atoms with van der Waals surface area (Å²) in [7, 11) is 0. The molecule has 158 valence electrons. The lowest BCUT2D eigenvalue weighted by Gasteiger charge is -2.39. The number of piperazine rings is 1. The molecule has 0 aromatic heterocycles. The Labute approximate surface area is 187 Å². The first-order chi connectivity index (χ1) is 14.5. The summed E-state index contributed by atoms with van der Waals surface area (Å²) in [6, 6.07) is 14.9. The number of carbonyl (C=O) groups is 2. The Morgan fingerprint density at radius 3 is 2.17 bits per heavy atom. The lowest BCUT2D eigenvalue weighted by Crippen LogP contribution is -2.52. The Hall–Kier alpha value is -2.24. The molecule has 30 heavy (non-hydrogen) atoms. The fourth-order valence-corrected chi connectivity index (χ4v) is 4.65. The molecule has 0 atom stereocenters. The number of amides is 2. The molecule has 0 unspecified atom stereocenters. The van der Waals surface area contributed by atoms with E-state index in [1.54, 1.807) is 12.1 Å². The van der Waals surface area contributed by atoms with Crippen LogP contribution < -0.4 is 4.90 Å². The minimum Gasteiger partial charge on any atom is -0.368 e. The molecule has 2 saturated heterocycles. The second-order valence-electron chi connectivity index (χ2n) is 7.84. The maximum absolute atomic E-state index is 13.0. The van der Waals surface area contributed by atoms with E-state index in [1.807, 2.05) is 40.1 Å². The van der Waals surface area contributed by atoms with Gasteiger partial charge in [-0.15, -0.1) is 0 Å². The number of rotatable bonds is 3. The average molecular weight is 446 g/mol. The van der Waals surface area contributed by atoms with E-state index in [0.717, 1.165) is 23.8 Å². The maximum Gasteiger partial charge on any atom is 0.255 e. The standard InChI is InChI=1S/C23H25Cl2N3O2/c24-18-4-3-5-19(16-18)26-12-14-28(15-13-26)22(29)17-8-10-27(11-9-17)23(30)20-6-1-2-7-21(20)25/h1-7,16-17H,8-15H2. The first-order valence-corrected chi connectivity index (χ1v) is 11.1. The van der Waals surface area contributed by atoms with Crippen LogP contribution in [-0.2, 0) is 4.79 Å². The molecule has 5 nitrogen and oxygen atoms in total. The molecular formula is C23H25Cl2N3O2. The van der Waals surface area contributed by atoms with Gasteiger partial charge in [0.05, 0.1) is 10.6 Å². The van der Waals surface area contributed by atoms with Gasteiger partial charge in [0.1, 0.15) is 0 Å². The zero-order valence-electron chi connectivity index (χ0n) is 16.8. The van der Waals surface area contributed by atoms with Gasteiger partial charge in [-0.25, -0.2) is 0 Å². The van der Waals surface area contributed by atoms with Crippen LogP contribution in [0, 0.1) is 5.92 Å². The number of halogens is 2. The summed E-state index contributed by atoms with van der Waals surface area (Å²) in [5.74, 6) is 0.144. The highest BCUT2D eigenvalue weighted by molar-refractivity contribution is 6.33. The normalized spacial score (nSPS) is 17.9. The summed E-state index contributed by atoms with van der Waals surface area (Å²) < 4.78 is 0. The monoisotopic (exact) mass is 445 g/mol. The molecule has 0 N–H and O–H groups in total. The average Bonchev–Trinajstić information content (AvgIpc) is 2.79. The van der Waals surface area contributed by atoms with E-state index in [-0.39, 0.29) is 17.7 Å². The fourth-order valence-electron chi connectivity index (χ4n) is 4.25. The number of carbonyl (C=O) groups excluding carboxylic acids is 2. The quantitative estimate of drug-likeness (QED) is 0.710. The Morgan fingerprint density at radius 2 is 1.50 bits per heavy atom. The second-order valence-corrected chi connectivity index (χ2v) is 8.68. The van der Waals surface area contributed by atoms with Crippen molar-refractivity contribution < 1.29 is 9.59 Å². The molecule has 0 spiro atoms. The number of likely N-dealkylation sites (tertiary alicyclic amines) is 1. The van der Waals surface area contributed by atoms with Crippen molar-refractivity contribution in [3.05, 3.63) is 64.1 Å². The van der Waals surface area contributed by atoms with Gasteiger partial charge in [0.15, 0.2) is 0 Å². The molecule has 0 bridgehead atoms. The van der Waals surface area contributed by atoms with Crippen LogP contribution in [-0.4, -0.2) is 60.9 Å². The van der Waals surface area contributed by atoms with Crippen molar-refractivity contribution in [3.8, 4) is 0 Å². The number of benzene rings is 2. The molecule has 2 amide bonds. The number of piperidine rings is 1. The van der Waals surface area contributed by atoms with Gasteiger partial charge in [-0.1, -0.05) is 41.4 Å². The Bertz CT molecular complexity index is 920. The predicted octanol–water partition coefficient (Wildman–Crippen LogP) is 4.19. The van der Waals surface area contributed by atoms with Gasteiger partial charge in [0.25, 0.3) is 5.91 Å². The lowest BCUT2D eigenvalue weighted by molar-refractivity contribution is -0.137. The molecule has 4 rings (SSSR count). The Kier molecular flexibility index (Phi) is 6.49. The zero-order chi connectivity index (χ0) is 21.1. The molecule has 7 heteroatoms. The second kappa shape index (κ2) is 9.27. The van der Waals surface area contributed by atoms with Gasteiger partial charge in [-0.3, -0.25) is 9.59 Å². The summed E-state index contributed by atoms with van der Waals surface area (Å²) in [6.07, 6.45) is 1.40. The molecule has 0 saturated carbocycles. The highest BCUT2D eigenvalue weighted by atomic mass is 35.5. The minimum absolute atomic E-state index is 0.0157. The highest BCUT2D eigenvalue weighted by Gasteiger charge is 2.32. The fraction of sp³-hybridized carbons (Fsp3) is 0.391. The molecule has 0 aliphatic carbocycles. The SMILES string of the molecule is O=C(c1ccccc1Cl)N1CCC(C(=O)N2CCN(c3cccc(Cl)c3)CC2)CC1. The van der Waals surface area contributed by atoms with Crippen LogP contribution in [0.5, 0.6) is 0 Å². The van der Waals surface area contributed by atoms with Crippen LogP contribution in [0.4, 0.5) is 5.69 Å². The molecule has 2 aliphatic heterocycles. The van der Waals surface area contributed by atoms with Gasteiger partial charge >= 0.3 is 0 Å². The van der Waals surface area contributed by atoms with Gasteiger partial charge in [0.2, 0.25) is 5.91 Å².